The number of ether oxygens (including phenoxy) is 1. The van der Waals surface area contributed by atoms with Crippen molar-refractivity contribution in [2.45, 2.75) is 12.0 Å². The van der Waals surface area contributed by atoms with Crippen molar-refractivity contribution in [1.29, 1.82) is 0 Å². The largest absolute Gasteiger partial charge is 0.459 e. The minimum Gasteiger partial charge on any atom is -0.459 e. The van der Waals surface area contributed by atoms with Gasteiger partial charge in [0.15, 0.2) is 0 Å². The van der Waals surface area contributed by atoms with Crippen LogP contribution in [0, 0.1) is 0 Å². The fraction of sp³-hybridized carbons (Fsp3) is 0.0952. The summed E-state index contributed by atoms with van der Waals surface area (Å²) in [6.45, 7) is 0.557. The van der Waals surface area contributed by atoms with Gasteiger partial charge in [0.2, 0.25) is 0 Å². The molecule has 0 amide bonds. The Morgan fingerprint density at radius 2 is 1.26 bits per heavy atom. The van der Waals surface area contributed by atoms with Crippen molar-refractivity contribution in [3.63, 3.8) is 0 Å². The Hall–Kier alpha value is -2.87. The van der Waals surface area contributed by atoms with E-state index in [-0.39, 0.29) is 12.0 Å². The molecular weight excluding hydrogens is 284 g/mol. The molecule has 23 heavy (non-hydrogen) atoms. The molecule has 0 aromatic heterocycles. The van der Waals surface area contributed by atoms with E-state index >= 15 is 0 Å². The molecule has 0 N–H and O–H groups in total. The van der Waals surface area contributed by atoms with Crippen molar-refractivity contribution in [3.8, 4) is 11.1 Å². The SMILES string of the molecule is O=COC(c1ccccc1)C1c2ccccc2-c2ccccc21. The number of hydrogen-bond donors (Lipinski definition) is 0. The maximum absolute atomic E-state index is 11.1. The predicted octanol–water partition coefficient (Wildman–Crippen LogP) is 4.71. The van der Waals surface area contributed by atoms with Crippen molar-refractivity contribution >= 4 is 6.47 Å². The maximum atomic E-state index is 11.1. The van der Waals surface area contributed by atoms with Crippen LogP contribution in [-0.4, -0.2) is 6.47 Å². The zero-order valence-electron chi connectivity index (χ0n) is 12.6. The normalized spacial score (nSPS) is 13.9. The van der Waals surface area contributed by atoms with Crippen LogP contribution in [-0.2, 0) is 9.53 Å². The van der Waals surface area contributed by atoms with E-state index in [2.05, 4.69) is 36.4 Å². The molecule has 0 bridgehead atoms. The first-order valence-corrected chi connectivity index (χ1v) is 7.72. The monoisotopic (exact) mass is 300 g/mol. The molecule has 2 heteroatoms. The van der Waals surface area contributed by atoms with Crippen molar-refractivity contribution < 1.29 is 9.53 Å². The third kappa shape index (κ3) is 2.23. The Balaban J connectivity index is 1.91. The topological polar surface area (TPSA) is 26.3 Å². The highest BCUT2D eigenvalue weighted by Gasteiger charge is 2.36. The third-order valence-corrected chi connectivity index (χ3v) is 4.51. The summed E-state index contributed by atoms with van der Waals surface area (Å²) in [5.41, 5.74) is 5.89. The van der Waals surface area contributed by atoms with Crippen LogP contribution in [0.1, 0.15) is 28.7 Å². The standard InChI is InChI=1S/C21H16O2/c22-14-23-21(15-8-2-1-3-9-15)20-18-12-6-4-10-16(18)17-11-5-7-13-19(17)20/h1-14,20-21H. The molecule has 4 rings (SSSR count). The van der Waals surface area contributed by atoms with Crippen LogP contribution in [0.4, 0.5) is 0 Å². The summed E-state index contributed by atoms with van der Waals surface area (Å²) in [5, 5.41) is 0. The van der Waals surface area contributed by atoms with Gasteiger partial charge in [-0.15, -0.1) is 0 Å². The molecule has 0 fully saturated rings. The summed E-state index contributed by atoms with van der Waals surface area (Å²) in [4.78, 5) is 11.1. The molecule has 0 heterocycles. The minimum atomic E-state index is -0.321. The van der Waals surface area contributed by atoms with Crippen molar-refractivity contribution in [2.75, 3.05) is 0 Å². The molecule has 0 saturated carbocycles. The Kier molecular flexibility index (Phi) is 3.43. The summed E-state index contributed by atoms with van der Waals surface area (Å²) in [6.07, 6.45) is -0.321. The first-order chi connectivity index (χ1) is 11.4. The molecule has 0 radical (unpaired) electrons. The lowest BCUT2D eigenvalue weighted by atomic mass is 9.87. The molecule has 0 spiro atoms. The van der Waals surface area contributed by atoms with Crippen LogP contribution < -0.4 is 0 Å². The molecule has 2 nitrogen and oxygen atoms in total. The van der Waals surface area contributed by atoms with E-state index < -0.39 is 0 Å². The van der Waals surface area contributed by atoms with Gasteiger partial charge in [-0.1, -0.05) is 78.9 Å². The van der Waals surface area contributed by atoms with Crippen LogP contribution >= 0.6 is 0 Å². The molecule has 1 aliphatic carbocycles. The highest BCUT2D eigenvalue weighted by molar-refractivity contribution is 5.79. The lowest BCUT2D eigenvalue weighted by molar-refractivity contribution is -0.134. The number of hydrogen-bond acceptors (Lipinski definition) is 2. The van der Waals surface area contributed by atoms with Gasteiger partial charge in [-0.3, -0.25) is 4.79 Å². The second-order valence-electron chi connectivity index (χ2n) is 5.72. The smallest absolute Gasteiger partial charge is 0.293 e. The van der Waals surface area contributed by atoms with Crippen molar-refractivity contribution in [3.05, 3.63) is 95.6 Å². The fourth-order valence-corrected chi connectivity index (χ4v) is 3.57. The van der Waals surface area contributed by atoms with Crippen LogP contribution in [0.25, 0.3) is 11.1 Å². The Bertz CT molecular complexity index is 794. The number of fused-ring (bicyclic) bond motifs is 3. The van der Waals surface area contributed by atoms with Gasteiger partial charge in [-0.2, -0.15) is 0 Å². The predicted molar refractivity (Wildman–Crippen MR) is 90.1 cm³/mol. The molecular formula is C21H16O2. The van der Waals surface area contributed by atoms with Gasteiger partial charge < -0.3 is 4.74 Å². The van der Waals surface area contributed by atoms with Gasteiger partial charge in [-0.05, 0) is 27.8 Å². The first-order valence-electron chi connectivity index (χ1n) is 7.72. The average Bonchev–Trinajstić information content (AvgIpc) is 2.95. The third-order valence-electron chi connectivity index (χ3n) is 4.51. The number of carbonyl (C=O) groups excluding carboxylic acids is 1. The summed E-state index contributed by atoms with van der Waals surface area (Å²) in [5.74, 6) is 0.0231. The van der Waals surface area contributed by atoms with E-state index in [1.165, 1.54) is 22.3 Å². The lowest BCUT2D eigenvalue weighted by Crippen LogP contribution is -2.13. The number of rotatable bonds is 4. The van der Waals surface area contributed by atoms with E-state index in [4.69, 9.17) is 4.74 Å². The molecule has 112 valence electrons. The molecule has 1 atom stereocenters. The lowest BCUT2D eigenvalue weighted by Gasteiger charge is -2.24. The van der Waals surface area contributed by atoms with Gasteiger partial charge in [-0.25, -0.2) is 0 Å². The Morgan fingerprint density at radius 1 is 0.739 bits per heavy atom. The van der Waals surface area contributed by atoms with Crippen LogP contribution in [0.3, 0.4) is 0 Å². The van der Waals surface area contributed by atoms with Crippen LogP contribution in [0.5, 0.6) is 0 Å². The second-order valence-corrected chi connectivity index (χ2v) is 5.72. The molecule has 0 saturated heterocycles. The van der Waals surface area contributed by atoms with E-state index in [1.807, 2.05) is 42.5 Å². The summed E-state index contributed by atoms with van der Waals surface area (Å²) in [7, 11) is 0. The molecule has 3 aromatic carbocycles. The first kappa shape index (κ1) is 13.8. The highest BCUT2D eigenvalue weighted by atomic mass is 16.5. The average molecular weight is 300 g/mol. The molecule has 1 unspecified atom stereocenters. The Morgan fingerprint density at radius 3 is 1.83 bits per heavy atom. The van der Waals surface area contributed by atoms with Gasteiger partial charge in [0.1, 0.15) is 6.10 Å². The summed E-state index contributed by atoms with van der Waals surface area (Å²) < 4.78 is 5.55. The second kappa shape index (κ2) is 5.73. The summed E-state index contributed by atoms with van der Waals surface area (Å²) in [6, 6.07) is 26.7. The van der Waals surface area contributed by atoms with Crippen LogP contribution in [0.2, 0.25) is 0 Å². The van der Waals surface area contributed by atoms with Gasteiger partial charge in [0.25, 0.3) is 6.47 Å². The highest BCUT2D eigenvalue weighted by Crippen LogP contribution is 2.50. The van der Waals surface area contributed by atoms with E-state index in [0.717, 1.165) is 5.56 Å². The molecule has 1 aliphatic rings. The number of carbonyl (C=O) groups is 1. The van der Waals surface area contributed by atoms with Crippen LogP contribution in [0.15, 0.2) is 78.9 Å². The van der Waals surface area contributed by atoms with Gasteiger partial charge in [0.05, 0.1) is 5.92 Å². The summed E-state index contributed by atoms with van der Waals surface area (Å²) >= 11 is 0. The maximum Gasteiger partial charge on any atom is 0.293 e. The molecule has 3 aromatic rings. The fourth-order valence-electron chi connectivity index (χ4n) is 3.57. The van der Waals surface area contributed by atoms with E-state index in [1.54, 1.807) is 0 Å². The van der Waals surface area contributed by atoms with Gasteiger partial charge in [0, 0.05) is 0 Å². The van der Waals surface area contributed by atoms with E-state index in [0.29, 0.717) is 6.47 Å². The zero-order valence-corrected chi connectivity index (χ0v) is 12.6. The quantitative estimate of drug-likeness (QED) is 0.652. The molecule has 0 aliphatic heterocycles. The van der Waals surface area contributed by atoms with Crippen molar-refractivity contribution in [1.82, 2.24) is 0 Å². The Labute approximate surface area is 135 Å². The zero-order chi connectivity index (χ0) is 15.6. The van der Waals surface area contributed by atoms with E-state index in [9.17, 15) is 4.79 Å². The number of benzene rings is 3. The van der Waals surface area contributed by atoms with Crippen molar-refractivity contribution in [2.24, 2.45) is 0 Å². The minimum absolute atomic E-state index is 0.0231. The van der Waals surface area contributed by atoms with Gasteiger partial charge >= 0.3 is 0 Å².